The maximum atomic E-state index is 4.91. The molecule has 0 amide bonds. The molecule has 1 fully saturated rings. The van der Waals surface area contributed by atoms with Crippen molar-refractivity contribution in [2.45, 2.75) is 32.7 Å². The van der Waals surface area contributed by atoms with Crippen LogP contribution in [0.25, 0.3) is 0 Å². The lowest BCUT2D eigenvalue weighted by Gasteiger charge is -2.26. The van der Waals surface area contributed by atoms with Crippen LogP contribution in [0.1, 0.15) is 36.9 Å². The molecule has 4 nitrogen and oxygen atoms in total. The van der Waals surface area contributed by atoms with Crippen molar-refractivity contribution in [3.63, 3.8) is 0 Å². The minimum absolute atomic E-state index is 0.317. The molecule has 1 aromatic rings. The largest absolute Gasteiger partial charge is 0.357 e. The van der Waals surface area contributed by atoms with Gasteiger partial charge in [-0.25, -0.2) is 0 Å². The van der Waals surface area contributed by atoms with E-state index in [0.29, 0.717) is 6.04 Å². The normalized spacial score (nSPS) is 17.1. The van der Waals surface area contributed by atoms with Crippen molar-refractivity contribution in [2.75, 3.05) is 40.3 Å². The van der Waals surface area contributed by atoms with E-state index in [1.165, 1.54) is 24.0 Å². The quantitative estimate of drug-likeness (QED) is 0.670. The summed E-state index contributed by atoms with van der Waals surface area (Å²) in [7, 11) is 4.26. The summed E-state index contributed by atoms with van der Waals surface area (Å²) in [5.41, 5.74) is 2.63. The van der Waals surface area contributed by atoms with Crippen molar-refractivity contribution in [3.05, 3.63) is 35.4 Å². The van der Waals surface area contributed by atoms with Gasteiger partial charge in [0.25, 0.3) is 0 Å². The van der Waals surface area contributed by atoms with Crippen LogP contribution in [0.5, 0.6) is 0 Å². The SMILES string of the molecule is CCNC(=NCC(c1ccc(C)cc1)N(C)C)N1CCCC1. The molecule has 22 heavy (non-hydrogen) atoms. The molecule has 1 aromatic carbocycles. The summed E-state index contributed by atoms with van der Waals surface area (Å²) in [6.45, 7) is 8.23. The molecule has 0 spiro atoms. The van der Waals surface area contributed by atoms with E-state index in [9.17, 15) is 0 Å². The van der Waals surface area contributed by atoms with E-state index in [1.54, 1.807) is 0 Å². The number of rotatable bonds is 5. The minimum atomic E-state index is 0.317. The first kappa shape index (κ1) is 16.8. The van der Waals surface area contributed by atoms with E-state index in [0.717, 1.165) is 32.1 Å². The number of guanidine groups is 1. The first-order chi connectivity index (χ1) is 10.6. The second-order valence-electron chi connectivity index (χ2n) is 6.28. The number of likely N-dealkylation sites (tertiary alicyclic amines) is 1. The summed E-state index contributed by atoms with van der Waals surface area (Å²) >= 11 is 0. The lowest BCUT2D eigenvalue weighted by atomic mass is 10.0. The second-order valence-corrected chi connectivity index (χ2v) is 6.28. The number of benzene rings is 1. The fraction of sp³-hybridized carbons (Fsp3) is 0.611. The number of hydrogen-bond acceptors (Lipinski definition) is 2. The van der Waals surface area contributed by atoms with E-state index < -0.39 is 0 Å². The lowest BCUT2D eigenvalue weighted by Crippen LogP contribution is -2.40. The topological polar surface area (TPSA) is 30.9 Å². The van der Waals surface area contributed by atoms with Crippen molar-refractivity contribution < 1.29 is 0 Å². The third-order valence-corrected chi connectivity index (χ3v) is 4.24. The molecule has 0 aromatic heterocycles. The van der Waals surface area contributed by atoms with Crippen LogP contribution in [-0.4, -0.2) is 56.0 Å². The molecule has 0 radical (unpaired) electrons. The van der Waals surface area contributed by atoms with Gasteiger partial charge in [0.05, 0.1) is 12.6 Å². The van der Waals surface area contributed by atoms with Gasteiger partial charge < -0.3 is 15.1 Å². The fourth-order valence-corrected chi connectivity index (χ4v) is 2.88. The highest BCUT2D eigenvalue weighted by Crippen LogP contribution is 2.19. The summed E-state index contributed by atoms with van der Waals surface area (Å²) in [4.78, 5) is 9.54. The Morgan fingerprint density at radius 3 is 2.41 bits per heavy atom. The number of nitrogens with one attached hydrogen (secondary N) is 1. The van der Waals surface area contributed by atoms with Crippen molar-refractivity contribution in [3.8, 4) is 0 Å². The fourth-order valence-electron chi connectivity index (χ4n) is 2.88. The summed E-state index contributed by atoms with van der Waals surface area (Å²) < 4.78 is 0. The highest BCUT2D eigenvalue weighted by Gasteiger charge is 2.18. The van der Waals surface area contributed by atoms with Crippen LogP contribution in [-0.2, 0) is 0 Å². The van der Waals surface area contributed by atoms with Crippen molar-refractivity contribution in [1.29, 1.82) is 0 Å². The third-order valence-electron chi connectivity index (χ3n) is 4.24. The van der Waals surface area contributed by atoms with Gasteiger partial charge in [0.1, 0.15) is 0 Å². The molecule has 4 heteroatoms. The standard InChI is InChI=1S/C18H30N4/c1-5-19-18(22-12-6-7-13-22)20-14-17(21(3)4)16-10-8-15(2)9-11-16/h8-11,17H,5-7,12-14H2,1-4H3,(H,19,20). The van der Waals surface area contributed by atoms with Gasteiger partial charge in [0.15, 0.2) is 5.96 Å². The second kappa shape index (κ2) is 8.18. The summed E-state index contributed by atoms with van der Waals surface area (Å²) in [6, 6.07) is 9.12. The van der Waals surface area contributed by atoms with Crippen LogP contribution in [0.15, 0.2) is 29.3 Å². The van der Waals surface area contributed by atoms with E-state index >= 15 is 0 Å². The van der Waals surface area contributed by atoms with Crippen LogP contribution < -0.4 is 5.32 Å². The van der Waals surface area contributed by atoms with Crippen LogP contribution in [0.2, 0.25) is 0 Å². The Labute approximate surface area is 135 Å². The monoisotopic (exact) mass is 302 g/mol. The van der Waals surface area contributed by atoms with Gasteiger partial charge in [-0.05, 0) is 46.3 Å². The van der Waals surface area contributed by atoms with Crippen LogP contribution >= 0.6 is 0 Å². The third kappa shape index (κ3) is 4.47. The molecule has 0 bridgehead atoms. The predicted molar refractivity (Wildman–Crippen MR) is 94.4 cm³/mol. The number of nitrogens with zero attached hydrogens (tertiary/aromatic N) is 3. The zero-order chi connectivity index (χ0) is 15.9. The zero-order valence-corrected chi connectivity index (χ0v) is 14.5. The molecule has 1 heterocycles. The van der Waals surface area contributed by atoms with Gasteiger partial charge in [0.2, 0.25) is 0 Å². The average molecular weight is 302 g/mol. The summed E-state index contributed by atoms with van der Waals surface area (Å²) in [5.74, 6) is 1.07. The molecule has 0 saturated carbocycles. The smallest absolute Gasteiger partial charge is 0.193 e. The number of likely N-dealkylation sites (N-methyl/N-ethyl adjacent to an activating group) is 1. The Morgan fingerprint density at radius 2 is 1.86 bits per heavy atom. The van der Waals surface area contributed by atoms with Gasteiger partial charge in [-0.2, -0.15) is 0 Å². The Kier molecular flexibility index (Phi) is 6.25. The molecule has 0 aliphatic carbocycles. The van der Waals surface area contributed by atoms with Crippen LogP contribution in [0.4, 0.5) is 0 Å². The van der Waals surface area contributed by atoms with Crippen molar-refractivity contribution in [2.24, 2.45) is 4.99 Å². The maximum Gasteiger partial charge on any atom is 0.193 e. The van der Waals surface area contributed by atoms with E-state index in [-0.39, 0.29) is 0 Å². The first-order valence-electron chi connectivity index (χ1n) is 8.38. The zero-order valence-electron chi connectivity index (χ0n) is 14.5. The maximum absolute atomic E-state index is 4.91. The van der Waals surface area contributed by atoms with E-state index in [1.807, 2.05) is 0 Å². The van der Waals surface area contributed by atoms with E-state index in [2.05, 4.69) is 67.3 Å². The molecule has 1 saturated heterocycles. The first-order valence-corrected chi connectivity index (χ1v) is 8.38. The Balaban J connectivity index is 2.11. The number of hydrogen-bond donors (Lipinski definition) is 1. The lowest BCUT2D eigenvalue weighted by molar-refractivity contribution is 0.305. The molecule has 1 aliphatic heterocycles. The Morgan fingerprint density at radius 1 is 1.23 bits per heavy atom. The van der Waals surface area contributed by atoms with Gasteiger partial charge in [-0.1, -0.05) is 29.8 Å². The molecular weight excluding hydrogens is 272 g/mol. The van der Waals surface area contributed by atoms with Crippen LogP contribution in [0.3, 0.4) is 0 Å². The van der Waals surface area contributed by atoms with Gasteiger partial charge in [0, 0.05) is 19.6 Å². The van der Waals surface area contributed by atoms with Gasteiger partial charge >= 0.3 is 0 Å². The molecule has 1 atom stereocenters. The summed E-state index contributed by atoms with van der Waals surface area (Å²) in [5, 5.41) is 3.44. The molecule has 1 unspecified atom stereocenters. The van der Waals surface area contributed by atoms with Crippen molar-refractivity contribution in [1.82, 2.24) is 15.1 Å². The highest BCUT2D eigenvalue weighted by atomic mass is 15.3. The van der Waals surface area contributed by atoms with Crippen molar-refractivity contribution >= 4 is 5.96 Å². The van der Waals surface area contributed by atoms with Gasteiger partial charge in [-0.15, -0.1) is 0 Å². The van der Waals surface area contributed by atoms with Crippen LogP contribution in [0, 0.1) is 6.92 Å². The minimum Gasteiger partial charge on any atom is -0.357 e. The molecule has 1 N–H and O–H groups in total. The number of aliphatic imine (C=N–C) groups is 1. The molecule has 2 rings (SSSR count). The predicted octanol–water partition coefficient (Wildman–Crippen LogP) is 2.66. The number of aryl methyl sites for hydroxylation is 1. The molecule has 1 aliphatic rings. The average Bonchev–Trinajstić information content (AvgIpc) is 3.02. The van der Waals surface area contributed by atoms with Gasteiger partial charge in [-0.3, -0.25) is 4.99 Å². The van der Waals surface area contributed by atoms with E-state index in [4.69, 9.17) is 4.99 Å². The highest BCUT2D eigenvalue weighted by molar-refractivity contribution is 5.80. The Bertz CT molecular complexity index is 472. The summed E-state index contributed by atoms with van der Waals surface area (Å²) in [6.07, 6.45) is 2.55. The molecule has 122 valence electrons. The molecular formula is C18H30N4. The Hall–Kier alpha value is -1.55.